The summed E-state index contributed by atoms with van der Waals surface area (Å²) in [7, 11) is 0. The lowest BCUT2D eigenvalue weighted by molar-refractivity contribution is -0.129. The van der Waals surface area contributed by atoms with Crippen LogP contribution >= 0.6 is 22.6 Å². The van der Waals surface area contributed by atoms with Crippen LogP contribution in [0.2, 0.25) is 0 Å². The van der Waals surface area contributed by atoms with Crippen molar-refractivity contribution in [3.05, 3.63) is 43.7 Å². The highest BCUT2D eigenvalue weighted by molar-refractivity contribution is 14.1. The van der Waals surface area contributed by atoms with E-state index in [0.717, 1.165) is 9.13 Å². The zero-order valence-corrected chi connectivity index (χ0v) is 17.1. The smallest absolute Gasteiger partial charge is 0.255 e. The summed E-state index contributed by atoms with van der Waals surface area (Å²) in [5, 5.41) is 31.7. The Morgan fingerprint density at radius 1 is 1.18 bits per heavy atom. The Balaban J connectivity index is 1.94. The monoisotopic (exact) mass is 495 g/mol. The van der Waals surface area contributed by atoms with E-state index in [2.05, 4.69) is 22.6 Å². The van der Waals surface area contributed by atoms with Gasteiger partial charge in [-0.1, -0.05) is 6.92 Å². The number of benzene rings is 1. The van der Waals surface area contributed by atoms with Crippen LogP contribution in [-0.4, -0.2) is 32.8 Å². The number of ketones is 2. The Labute approximate surface area is 174 Å². The number of rotatable bonds is 1. The van der Waals surface area contributed by atoms with Gasteiger partial charge in [-0.3, -0.25) is 14.4 Å². The van der Waals surface area contributed by atoms with Crippen LogP contribution in [0.1, 0.15) is 24.5 Å². The number of primary amides is 1. The van der Waals surface area contributed by atoms with Crippen molar-refractivity contribution in [1.29, 1.82) is 0 Å². The number of aliphatic hydroxyl groups is 2. The number of carbonyl (C=O) groups excluding carboxylic acids is 3. The predicted octanol–water partition coefficient (Wildman–Crippen LogP) is 2.16. The standard InChI is InChI=1S/C20H18INO6/c1-6-7-4-9-10(21)2-3-11(23)13(9)17(25)14(7)18(26)15-8(6)5-12(24)16(19(15)27)20(22)28/h2-3,6-8,15,23,25,27H,4-5H2,1H3,(H2,22,28). The zero-order chi connectivity index (χ0) is 20.5. The van der Waals surface area contributed by atoms with E-state index in [9.17, 15) is 29.7 Å². The summed E-state index contributed by atoms with van der Waals surface area (Å²) in [5.41, 5.74) is 5.80. The Morgan fingerprint density at radius 3 is 2.50 bits per heavy atom. The number of allylic oxidation sites excluding steroid dienone is 2. The summed E-state index contributed by atoms with van der Waals surface area (Å²) >= 11 is 2.12. The molecular weight excluding hydrogens is 477 g/mol. The fraction of sp³-hybridized carbons (Fsp3) is 0.350. The molecule has 0 aliphatic heterocycles. The Kier molecular flexibility index (Phi) is 4.29. The number of hydrogen-bond donors (Lipinski definition) is 4. The van der Waals surface area contributed by atoms with Gasteiger partial charge in [-0.15, -0.1) is 0 Å². The van der Waals surface area contributed by atoms with Gasteiger partial charge in [0.1, 0.15) is 22.8 Å². The summed E-state index contributed by atoms with van der Waals surface area (Å²) in [6, 6.07) is 3.20. The first-order chi connectivity index (χ1) is 13.1. The highest BCUT2D eigenvalue weighted by Gasteiger charge is 2.54. The quantitative estimate of drug-likeness (QED) is 0.348. The van der Waals surface area contributed by atoms with E-state index < -0.39 is 40.6 Å². The van der Waals surface area contributed by atoms with Crippen molar-refractivity contribution in [2.24, 2.45) is 29.4 Å². The molecule has 3 aliphatic carbocycles. The van der Waals surface area contributed by atoms with E-state index in [-0.39, 0.29) is 40.9 Å². The minimum Gasteiger partial charge on any atom is -0.511 e. The minimum atomic E-state index is -1.10. The second-order valence-corrected chi connectivity index (χ2v) is 8.77. The van der Waals surface area contributed by atoms with E-state index in [4.69, 9.17) is 5.73 Å². The van der Waals surface area contributed by atoms with Gasteiger partial charge >= 0.3 is 0 Å². The van der Waals surface area contributed by atoms with Gasteiger partial charge in [0, 0.05) is 15.6 Å². The van der Waals surface area contributed by atoms with E-state index in [1.54, 1.807) is 6.07 Å². The highest BCUT2D eigenvalue weighted by Crippen LogP contribution is 2.53. The molecule has 0 bridgehead atoms. The molecule has 1 aromatic rings. The fourth-order valence-electron chi connectivity index (χ4n) is 4.93. The largest absolute Gasteiger partial charge is 0.511 e. The summed E-state index contributed by atoms with van der Waals surface area (Å²) in [6.07, 6.45) is 0.368. The molecule has 4 unspecified atom stereocenters. The molecule has 28 heavy (non-hydrogen) atoms. The van der Waals surface area contributed by atoms with Crippen LogP contribution in [0.25, 0.3) is 5.76 Å². The third-order valence-corrected chi connectivity index (χ3v) is 7.31. The zero-order valence-electron chi connectivity index (χ0n) is 14.9. The molecule has 4 rings (SSSR count). The Bertz CT molecular complexity index is 1020. The molecule has 146 valence electrons. The first kappa shape index (κ1) is 19.0. The molecule has 0 saturated heterocycles. The number of hydrogen-bond acceptors (Lipinski definition) is 6. The topological polar surface area (TPSA) is 138 Å². The number of aliphatic hydroxyl groups excluding tert-OH is 2. The maximum Gasteiger partial charge on any atom is 0.255 e. The van der Waals surface area contributed by atoms with Gasteiger partial charge in [0.2, 0.25) is 0 Å². The molecule has 0 radical (unpaired) electrons. The van der Waals surface area contributed by atoms with E-state index >= 15 is 0 Å². The molecule has 5 N–H and O–H groups in total. The molecule has 7 nitrogen and oxygen atoms in total. The SMILES string of the molecule is CC1C2Cc3c(I)ccc(O)c3C(O)=C2C(=O)C2C(O)=C(C(N)=O)C(=O)CC21. The highest BCUT2D eigenvalue weighted by atomic mass is 127. The lowest BCUT2D eigenvalue weighted by Crippen LogP contribution is -2.48. The van der Waals surface area contributed by atoms with Gasteiger partial charge < -0.3 is 21.1 Å². The third-order valence-electron chi connectivity index (χ3n) is 6.30. The average molecular weight is 495 g/mol. The lowest BCUT2D eigenvalue weighted by Gasteiger charge is -2.45. The Morgan fingerprint density at radius 2 is 1.86 bits per heavy atom. The summed E-state index contributed by atoms with van der Waals surface area (Å²) in [4.78, 5) is 37.2. The van der Waals surface area contributed by atoms with Gasteiger partial charge in [0.05, 0.1) is 11.5 Å². The molecule has 8 heteroatoms. The molecule has 4 atom stereocenters. The number of phenolic OH excluding ortho intramolecular Hbond substituents is 1. The minimum absolute atomic E-state index is 0.0611. The van der Waals surface area contributed by atoms with Crippen LogP contribution in [-0.2, 0) is 20.8 Å². The first-order valence-electron chi connectivity index (χ1n) is 8.89. The van der Waals surface area contributed by atoms with Crippen molar-refractivity contribution in [2.45, 2.75) is 19.8 Å². The van der Waals surface area contributed by atoms with Crippen LogP contribution in [0.5, 0.6) is 5.75 Å². The van der Waals surface area contributed by atoms with Gasteiger partial charge in [-0.25, -0.2) is 0 Å². The molecular formula is C20H18INO6. The van der Waals surface area contributed by atoms with Crippen LogP contribution in [0.15, 0.2) is 29.0 Å². The third kappa shape index (κ3) is 2.43. The van der Waals surface area contributed by atoms with Crippen molar-refractivity contribution < 1.29 is 29.7 Å². The van der Waals surface area contributed by atoms with Crippen LogP contribution < -0.4 is 5.73 Å². The molecule has 0 aromatic heterocycles. The molecule has 3 aliphatic rings. The van der Waals surface area contributed by atoms with Crippen LogP contribution in [0, 0.1) is 27.2 Å². The van der Waals surface area contributed by atoms with Gasteiger partial charge in [-0.2, -0.15) is 0 Å². The van der Waals surface area contributed by atoms with Crippen molar-refractivity contribution in [3.8, 4) is 5.75 Å². The van der Waals surface area contributed by atoms with E-state index in [1.165, 1.54) is 6.07 Å². The molecule has 1 fully saturated rings. The number of Topliss-reactive ketones (excluding diaryl/α,β-unsaturated/α-hetero) is 2. The van der Waals surface area contributed by atoms with Crippen molar-refractivity contribution in [2.75, 3.05) is 0 Å². The van der Waals surface area contributed by atoms with Crippen molar-refractivity contribution >= 4 is 45.8 Å². The van der Waals surface area contributed by atoms with E-state index in [0.29, 0.717) is 6.42 Å². The van der Waals surface area contributed by atoms with Crippen molar-refractivity contribution in [1.82, 2.24) is 0 Å². The van der Waals surface area contributed by atoms with Gasteiger partial charge in [0.15, 0.2) is 11.6 Å². The number of aromatic hydroxyl groups is 1. The van der Waals surface area contributed by atoms with Crippen LogP contribution in [0.4, 0.5) is 0 Å². The molecule has 1 aromatic carbocycles. The maximum atomic E-state index is 13.3. The second kappa shape index (κ2) is 6.33. The number of nitrogens with two attached hydrogens (primary N) is 1. The average Bonchev–Trinajstić information content (AvgIpc) is 2.61. The summed E-state index contributed by atoms with van der Waals surface area (Å²) in [5.74, 6) is -5.36. The van der Waals surface area contributed by atoms with Gasteiger partial charge in [-0.05, 0) is 64.5 Å². The Hall–Kier alpha value is -2.36. The molecule has 1 amide bonds. The normalized spacial score (nSPS) is 29.4. The van der Waals surface area contributed by atoms with Gasteiger partial charge in [0.25, 0.3) is 5.91 Å². The number of amides is 1. The molecule has 0 heterocycles. The number of phenols is 1. The summed E-state index contributed by atoms with van der Waals surface area (Å²) in [6.45, 7) is 1.87. The second-order valence-electron chi connectivity index (χ2n) is 7.61. The maximum absolute atomic E-state index is 13.3. The molecule has 0 spiro atoms. The molecule has 1 saturated carbocycles. The predicted molar refractivity (Wildman–Crippen MR) is 107 cm³/mol. The van der Waals surface area contributed by atoms with Crippen LogP contribution in [0.3, 0.4) is 0 Å². The number of halogens is 1. The first-order valence-corrected chi connectivity index (χ1v) is 9.97. The number of carbonyl (C=O) groups is 3. The van der Waals surface area contributed by atoms with Crippen molar-refractivity contribution in [3.63, 3.8) is 0 Å². The lowest BCUT2D eigenvalue weighted by atomic mass is 9.57. The summed E-state index contributed by atoms with van der Waals surface area (Å²) < 4.78 is 0.858. The van der Waals surface area contributed by atoms with E-state index in [1.807, 2.05) is 6.92 Å². The number of fused-ring (bicyclic) bond motifs is 3. The fourth-order valence-corrected chi connectivity index (χ4v) is 5.60.